The standard InChI is InChI=1S/C18H14FNO3/c1-20-15-5-3-2-4-13(15)18(17(20)22)14(10-16(21)23-18)11-6-8-12(19)9-7-11/h2-9,14H,10H2,1H3. The van der Waals surface area contributed by atoms with Crippen LogP contribution in [0.25, 0.3) is 0 Å². The number of nitrogens with zero attached hydrogens (tertiary/aromatic N) is 1. The molecule has 2 atom stereocenters. The third-order valence-corrected chi connectivity index (χ3v) is 4.70. The van der Waals surface area contributed by atoms with Crippen LogP contribution >= 0.6 is 0 Å². The third-order valence-electron chi connectivity index (χ3n) is 4.70. The lowest BCUT2D eigenvalue weighted by molar-refractivity contribution is -0.157. The van der Waals surface area contributed by atoms with Crippen molar-refractivity contribution in [2.24, 2.45) is 0 Å². The number of benzene rings is 2. The van der Waals surface area contributed by atoms with E-state index in [0.29, 0.717) is 5.56 Å². The van der Waals surface area contributed by atoms with E-state index in [1.165, 1.54) is 17.0 Å². The van der Waals surface area contributed by atoms with Crippen LogP contribution in [0.5, 0.6) is 0 Å². The van der Waals surface area contributed by atoms with Crippen LogP contribution in [0.3, 0.4) is 0 Å². The number of hydrogen-bond acceptors (Lipinski definition) is 3. The lowest BCUT2D eigenvalue weighted by Crippen LogP contribution is -2.42. The van der Waals surface area contributed by atoms with Crippen LogP contribution < -0.4 is 4.90 Å². The van der Waals surface area contributed by atoms with Crippen LogP contribution in [0.4, 0.5) is 10.1 Å². The molecule has 1 spiro atoms. The van der Waals surface area contributed by atoms with Crippen LogP contribution in [0.1, 0.15) is 23.5 Å². The fourth-order valence-corrected chi connectivity index (χ4v) is 3.64. The van der Waals surface area contributed by atoms with E-state index in [9.17, 15) is 14.0 Å². The molecule has 0 aliphatic carbocycles. The molecule has 116 valence electrons. The highest BCUT2D eigenvalue weighted by Gasteiger charge is 2.62. The lowest BCUT2D eigenvalue weighted by Gasteiger charge is -2.28. The number of fused-ring (bicyclic) bond motifs is 2. The normalized spacial score (nSPS) is 25.8. The molecule has 23 heavy (non-hydrogen) atoms. The average Bonchev–Trinajstić information content (AvgIpc) is 3.01. The molecule has 4 nitrogen and oxygen atoms in total. The Kier molecular flexibility index (Phi) is 2.82. The summed E-state index contributed by atoms with van der Waals surface area (Å²) in [6.07, 6.45) is 0.0968. The molecule has 4 rings (SSSR count). The molecule has 0 saturated carbocycles. The topological polar surface area (TPSA) is 46.6 Å². The zero-order valence-electron chi connectivity index (χ0n) is 12.5. The van der Waals surface area contributed by atoms with Crippen molar-refractivity contribution in [1.29, 1.82) is 0 Å². The van der Waals surface area contributed by atoms with Crippen LogP contribution in [0.15, 0.2) is 48.5 Å². The van der Waals surface area contributed by atoms with Crippen LogP contribution in [0.2, 0.25) is 0 Å². The van der Waals surface area contributed by atoms with Crippen molar-refractivity contribution < 1.29 is 18.7 Å². The van der Waals surface area contributed by atoms with Gasteiger partial charge in [-0.25, -0.2) is 4.39 Å². The van der Waals surface area contributed by atoms with Gasteiger partial charge < -0.3 is 9.64 Å². The van der Waals surface area contributed by atoms with E-state index < -0.39 is 17.5 Å². The molecule has 1 fully saturated rings. The molecule has 1 saturated heterocycles. The maximum atomic E-state index is 13.2. The fourth-order valence-electron chi connectivity index (χ4n) is 3.64. The number of amides is 1. The van der Waals surface area contributed by atoms with Gasteiger partial charge in [0.05, 0.1) is 12.1 Å². The van der Waals surface area contributed by atoms with E-state index in [2.05, 4.69) is 0 Å². The van der Waals surface area contributed by atoms with Gasteiger partial charge >= 0.3 is 5.97 Å². The molecular formula is C18H14FNO3. The second-order valence-corrected chi connectivity index (χ2v) is 5.90. The molecule has 2 aromatic carbocycles. The fraction of sp³-hybridized carbons (Fsp3) is 0.222. The second kappa shape index (κ2) is 4.65. The highest BCUT2D eigenvalue weighted by atomic mass is 19.1. The van der Waals surface area contributed by atoms with Crippen molar-refractivity contribution in [2.75, 3.05) is 11.9 Å². The minimum absolute atomic E-state index is 0.0968. The zero-order chi connectivity index (χ0) is 16.2. The van der Waals surface area contributed by atoms with Crippen molar-refractivity contribution in [3.8, 4) is 0 Å². The van der Waals surface area contributed by atoms with E-state index in [4.69, 9.17) is 4.74 Å². The molecule has 2 aliphatic heterocycles. The van der Waals surface area contributed by atoms with Gasteiger partial charge in [0.25, 0.3) is 5.91 Å². The third kappa shape index (κ3) is 1.76. The van der Waals surface area contributed by atoms with E-state index >= 15 is 0 Å². The first-order valence-corrected chi connectivity index (χ1v) is 7.39. The Balaban J connectivity index is 1.93. The number of halogens is 1. The molecular weight excluding hydrogens is 297 g/mol. The maximum absolute atomic E-state index is 13.2. The Bertz CT molecular complexity index is 817. The van der Waals surface area contributed by atoms with Gasteiger partial charge in [-0.1, -0.05) is 30.3 Å². The monoisotopic (exact) mass is 311 g/mol. The minimum Gasteiger partial charge on any atom is -0.443 e. The van der Waals surface area contributed by atoms with Crippen molar-refractivity contribution in [3.05, 3.63) is 65.5 Å². The highest BCUT2D eigenvalue weighted by molar-refractivity contribution is 6.09. The van der Waals surface area contributed by atoms with Crippen molar-refractivity contribution >= 4 is 17.6 Å². The Morgan fingerprint density at radius 3 is 2.57 bits per heavy atom. The number of para-hydroxylation sites is 1. The van der Waals surface area contributed by atoms with Gasteiger partial charge in [0.15, 0.2) is 0 Å². The summed E-state index contributed by atoms with van der Waals surface area (Å²) in [5.74, 6) is -1.51. The Hall–Kier alpha value is -2.69. The van der Waals surface area contributed by atoms with Gasteiger partial charge in [-0.05, 0) is 23.8 Å². The Morgan fingerprint density at radius 2 is 1.83 bits per heavy atom. The first-order valence-electron chi connectivity index (χ1n) is 7.39. The second-order valence-electron chi connectivity index (χ2n) is 5.90. The summed E-state index contributed by atoms with van der Waals surface area (Å²) in [5, 5.41) is 0. The molecule has 1 amide bonds. The summed E-state index contributed by atoms with van der Waals surface area (Å²) >= 11 is 0. The molecule has 5 heteroatoms. The van der Waals surface area contributed by atoms with Crippen molar-refractivity contribution in [2.45, 2.75) is 17.9 Å². The number of carbonyl (C=O) groups excluding carboxylic acids is 2. The van der Waals surface area contributed by atoms with E-state index in [1.54, 1.807) is 19.2 Å². The van der Waals surface area contributed by atoms with Crippen LogP contribution in [0, 0.1) is 5.82 Å². The minimum atomic E-state index is -1.35. The number of esters is 1. The van der Waals surface area contributed by atoms with Crippen molar-refractivity contribution in [3.63, 3.8) is 0 Å². The number of anilines is 1. The zero-order valence-corrected chi connectivity index (χ0v) is 12.5. The maximum Gasteiger partial charge on any atom is 0.308 e. The predicted molar refractivity (Wildman–Crippen MR) is 81.4 cm³/mol. The molecule has 2 aliphatic rings. The summed E-state index contributed by atoms with van der Waals surface area (Å²) < 4.78 is 18.8. The van der Waals surface area contributed by atoms with Crippen LogP contribution in [-0.2, 0) is 19.9 Å². The largest absolute Gasteiger partial charge is 0.443 e. The number of rotatable bonds is 1. The lowest BCUT2D eigenvalue weighted by atomic mass is 9.78. The van der Waals surface area contributed by atoms with Gasteiger partial charge in [-0.3, -0.25) is 9.59 Å². The van der Waals surface area contributed by atoms with Crippen LogP contribution in [-0.4, -0.2) is 18.9 Å². The summed E-state index contributed by atoms with van der Waals surface area (Å²) in [6, 6.07) is 13.2. The van der Waals surface area contributed by atoms with Gasteiger partial charge in [0.1, 0.15) is 5.82 Å². The number of carbonyl (C=O) groups is 2. The van der Waals surface area contributed by atoms with Crippen molar-refractivity contribution in [1.82, 2.24) is 0 Å². The molecule has 0 aromatic heterocycles. The molecule has 2 heterocycles. The summed E-state index contributed by atoms with van der Waals surface area (Å²) in [5.41, 5.74) is 0.794. The van der Waals surface area contributed by atoms with Gasteiger partial charge in [0.2, 0.25) is 5.60 Å². The van der Waals surface area contributed by atoms with E-state index in [-0.39, 0.29) is 18.1 Å². The van der Waals surface area contributed by atoms with Gasteiger partial charge in [-0.15, -0.1) is 0 Å². The Morgan fingerprint density at radius 1 is 1.13 bits per heavy atom. The molecule has 0 radical (unpaired) electrons. The highest BCUT2D eigenvalue weighted by Crippen LogP contribution is 2.54. The predicted octanol–water partition coefficient (Wildman–Crippen LogP) is 2.73. The van der Waals surface area contributed by atoms with E-state index in [1.807, 2.05) is 24.3 Å². The number of ether oxygens (including phenoxy) is 1. The average molecular weight is 311 g/mol. The van der Waals surface area contributed by atoms with E-state index in [0.717, 1.165) is 11.3 Å². The summed E-state index contributed by atoms with van der Waals surface area (Å²) in [4.78, 5) is 26.5. The summed E-state index contributed by atoms with van der Waals surface area (Å²) in [6.45, 7) is 0. The molecule has 0 bridgehead atoms. The molecule has 0 N–H and O–H groups in total. The van der Waals surface area contributed by atoms with Gasteiger partial charge in [-0.2, -0.15) is 0 Å². The first-order chi connectivity index (χ1) is 11.0. The summed E-state index contributed by atoms with van der Waals surface area (Å²) in [7, 11) is 1.67. The SMILES string of the molecule is CN1C(=O)C2(OC(=O)CC2c2ccc(F)cc2)c2ccccc21. The smallest absolute Gasteiger partial charge is 0.308 e. The number of hydrogen-bond donors (Lipinski definition) is 0. The quantitative estimate of drug-likeness (QED) is 0.761. The number of likely N-dealkylation sites (N-methyl/N-ethyl adjacent to an activating group) is 1. The molecule has 2 aromatic rings. The Labute approximate surface area is 132 Å². The molecule has 2 unspecified atom stereocenters. The van der Waals surface area contributed by atoms with Gasteiger partial charge in [0, 0.05) is 18.5 Å². The first kappa shape index (κ1) is 13.9.